The highest BCUT2D eigenvalue weighted by molar-refractivity contribution is 5.99. The van der Waals surface area contributed by atoms with E-state index in [1.807, 2.05) is 13.8 Å². The van der Waals surface area contributed by atoms with E-state index in [0.717, 1.165) is 12.1 Å². The second kappa shape index (κ2) is 5.59. The highest BCUT2D eigenvalue weighted by Gasteiger charge is 2.34. The molecule has 1 aromatic carbocycles. The lowest BCUT2D eigenvalue weighted by Crippen LogP contribution is -2.39. The van der Waals surface area contributed by atoms with Gasteiger partial charge in [0, 0.05) is 11.6 Å². The van der Waals surface area contributed by atoms with Gasteiger partial charge in [-0.25, -0.2) is 4.39 Å². The van der Waals surface area contributed by atoms with Crippen molar-refractivity contribution in [1.82, 2.24) is 5.32 Å². The van der Waals surface area contributed by atoms with Gasteiger partial charge in [0.25, 0.3) is 0 Å². The van der Waals surface area contributed by atoms with Crippen LogP contribution >= 0.6 is 0 Å². The highest BCUT2D eigenvalue weighted by Crippen LogP contribution is 2.22. The summed E-state index contributed by atoms with van der Waals surface area (Å²) < 4.78 is 18.6. The second-order valence-electron chi connectivity index (χ2n) is 4.63. The molecule has 4 heteroatoms. The molecular weight excluding hydrogens is 233 g/mol. The zero-order valence-electron chi connectivity index (χ0n) is 10.7. The van der Waals surface area contributed by atoms with Gasteiger partial charge in [-0.15, -0.1) is 0 Å². The van der Waals surface area contributed by atoms with E-state index in [1.54, 1.807) is 6.07 Å². The Morgan fingerprint density at radius 3 is 3.00 bits per heavy atom. The van der Waals surface area contributed by atoms with Crippen molar-refractivity contribution in [3.8, 4) is 0 Å². The standard InChI is InChI=1S/C14H18FNO2/c1-3-16-13-8-18-7-12(13)14(17)11-6-10(15)5-4-9(11)2/h4-6,12-13,16H,3,7-8H2,1-2H3. The number of aryl methyl sites for hydroxylation is 1. The van der Waals surface area contributed by atoms with Crippen LogP contribution in [0.1, 0.15) is 22.8 Å². The third-order valence-electron chi connectivity index (χ3n) is 3.35. The fourth-order valence-electron chi connectivity index (χ4n) is 2.34. The number of carbonyl (C=O) groups is 1. The van der Waals surface area contributed by atoms with Crippen LogP contribution in [-0.4, -0.2) is 31.6 Å². The molecule has 2 unspecified atom stereocenters. The van der Waals surface area contributed by atoms with Crippen LogP contribution in [0.4, 0.5) is 4.39 Å². The Balaban J connectivity index is 2.22. The SMILES string of the molecule is CCNC1COCC1C(=O)c1cc(F)ccc1C. The van der Waals surface area contributed by atoms with Crippen LogP contribution in [0.2, 0.25) is 0 Å². The van der Waals surface area contributed by atoms with Crippen molar-refractivity contribution in [1.29, 1.82) is 0 Å². The van der Waals surface area contributed by atoms with Crippen LogP contribution in [-0.2, 0) is 4.74 Å². The van der Waals surface area contributed by atoms with Crippen LogP contribution in [0.25, 0.3) is 0 Å². The molecule has 98 valence electrons. The van der Waals surface area contributed by atoms with Crippen molar-refractivity contribution in [3.63, 3.8) is 0 Å². The Kier molecular flexibility index (Phi) is 4.09. The first-order valence-corrected chi connectivity index (χ1v) is 6.25. The molecule has 0 amide bonds. The van der Waals surface area contributed by atoms with Crippen LogP contribution in [0.3, 0.4) is 0 Å². The normalized spacial score (nSPS) is 23.3. The molecule has 0 bridgehead atoms. The molecule has 1 aliphatic heterocycles. The quantitative estimate of drug-likeness (QED) is 0.831. The molecule has 1 aliphatic rings. The number of Topliss-reactive ketones (excluding diaryl/α,β-unsaturated/α-hetero) is 1. The molecule has 1 heterocycles. The van der Waals surface area contributed by atoms with Gasteiger partial charge in [-0.05, 0) is 31.2 Å². The number of carbonyl (C=O) groups excluding carboxylic acids is 1. The summed E-state index contributed by atoms with van der Waals surface area (Å²) >= 11 is 0. The lowest BCUT2D eigenvalue weighted by Gasteiger charge is -2.18. The van der Waals surface area contributed by atoms with Gasteiger partial charge in [0.15, 0.2) is 5.78 Å². The first kappa shape index (κ1) is 13.2. The van der Waals surface area contributed by atoms with E-state index in [9.17, 15) is 9.18 Å². The van der Waals surface area contributed by atoms with Crippen molar-refractivity contribution < 1.29 is 13.9 Å². The van der Waals surface area contributed by atoms with E-state index in [0.29, 0.717) is 18.8 Å². The summed E-state index contributed by atoms with van der Waals surface area (Å²) in [4.78, 5) is 12.4. The van der Waals surface area contributed by atoms with Crippen LogP contribution < -0.4 is 5.32 Å². The maximum absolute atomic E-state index is 13.2. The van der Waals surface area contributed by atoms with E-state index in [1.165, 1.54) is 12.1 Å². The summed E-state index contributed by atoms with van der Waals surface area (Å²) in [5.41, 5.74) is 1.27. The molecule has 1 aromatic rings. The van der Waals surface area contributed by atoms with Crippen molar-refractivity contribution in [2.24, 2.45) is 5.92 Å². The molecule has 0 radical (unpaired) electrons. The summed E-state index contributed by atoms with van der Waals surface area (Å²) in [7, 11) is 0. The van der Waals surface area contributed by atoms with Gasteiger partial charge in [-0.1, -0.05) is 13.0 Å². The maximum Gasteiger partial charge on any atom is 0.170 e. The number of nitrogens with one attached hydrogen (secondary N) is 1. The molecule has 0 aliphatic carbocycles. The van der Waals surface area contributed by atoms with E-state index in [4.69, 9.17) is 4.74 Å². The van der Waals surface area contributed by atoms with Crippen molar-refractivity contribution in [3.05, 3.63) is 35.1 Å². The number of halogens is 1. The molecule has 0 aromatic heterocycles. The van der Waals surface area contributed by atoms with E-state index in [-0.39, 0.29) is 23.6 Å². The summed E-state index contributed by atoms with van der Waals surface area (Å²) in [5, 5.41) is 3.24. The number of ether oxygens (including phenoxy) is 1. The van der Waals surface area contributed by atoms with Gasteiger partial charge >= 0.3 is 0 Å². The number of likely N-dealkylation sites (N-methyl/N-ethyl adjacent to an activating group) is 1. The van der Waals surface area contributed by atoms with Gasteiger partial charge < -0.3 is 10.1 Å². The van der Waals surface area contributed by atoms with Crippen LogP contribution in [0.5, 0.6) is 0 Å². The van der Waals surface area contributed by atoms with Crippen LogP contribution in [0.15, 0.2) is 18.2 Å². The molecule has 1 N–H and O–H groups in total. The summed E-state index contributed by atoms with van der Waals surface area (Å²) in [5.74, 6) is -0.622. The van der Waals surface area contributed by atoms with Crippen molar-refractivity contribution in [2.45, 2.75) is 19.9 Å². The average Bonchev–Trinajstić information content (AvgIpc) is 2.80. The molecule has 2 rings (SSSR count). The molecule has 18 heavy (non-hydrogen) atoms. The van der Waals surface area contributed by atoms with E-state index >= 15 is 0 Å². The lowest BCUT2D eigenvalue weighted by molar-refractivity contribution is 0.0890. The van der Waals surface area contributed by atoms with Gasteiger partial charge in [0.2, 0.25) is 0 Å². The number of hydrogen-bond donors (Lipinski definition) is 1. The Morgan fingerprint density at radius 2 is 2.28 bits per heavy atom. The fraction of sp³-hybridized carbons (Fsp3) is 0.500. The predicted molar refractivity (Wildman–Crippen MR) is 67.2 cm³/mol. The molecule has 2 atom stereocenters. The van der Waals surface area contributed by atoms with Crippen molar-refractivity contribution in [2.75, 3.05) is 19.8 Å². The van der Waals surface area contributed by atoms with Gasteiger partial charge in [-0.3, -0.25) is 4.79 Å². The third-order valence-corrected chi connectivity index (χ3v) is 3.35. The number of ketones is 1. The van der Waals surface area contributed by atoms with Crippen LogP contribution in [0, 0.1) is 18.7 Å². The predicted octanol–water partition coefficient (Wildman–Crippen LogP) is 1.94. The summed E-state index contributed by atoms with van der Waals surface area (Å²) in [6, 6.07) is 4.36. The Morgan fingerprint density at radius 1 is 1.50 bits per heavy atom. The minimum atomic E-state index is -0.372. The average molecular weight is 251 g/mol. The van der Waals surface area contributed by atoms with E-state index < -0.39 is 0 Å². The fourth-order valence-corrected chi connectivity index (χ4v) is 2.34. The molecule has 0 saturated carbocycles. The third kappa shape index (κ3) is 2.60. The lowest BCUT2D eigenvalue weighted by atomic mass is 9.91. The summed E-state index contributed by atoms with van der Waals surface area (Å²) in [6.45, 7) is 5.56. The first-order valence-electron chi connectivity index (χ1n) is 6.25. The van der Waals surface area contributed by atoms with Gasteiger partial charge in [-0.2, -0.15) is 0 Å². The van der Waals surface area contributed by atoms with E-state index in [2.05, 4.69) is 5.32 Å². The maximum atomic E-state index is 13.2. The molecule has 1 fully saturated rings. The molecule has 0 spiro atoms. The minimum absolute atomic E-state index is 0.0320. The van der Waals surface area contributed by atoms with Gasteiger partial charge in [0.1, 0.15) is 5.82 Å². The Bertz CT molecular complexity index is 447. The molecule has 3 nitrogen and oxygen atoms in total. The zero-order valence-corrected chi connectivity index (χ0v) is 10.7. The second-order valence-corrected chi connectivity index (χ2v) is 4.63. The first-order chi connectivity index (χ1) is 8.63. The zero-order chi connectivity index (χ0) is 13.1. The topological polar surface area (TPSA) is 38.3 Å². The molecule has 1 saturated heterocycles. The number of hydrogen-bond acceptors (Lipinski definition) is 3. The summed E-state index contributed by atoms with van der Waals surface area (Å²) in [6.07, 6.45) is 0. The van der Waals surface area contributed by atoms with Gasteiger partial charge in [0.05, 0.1) is 19.1 Å². The molecular formula is C14H18FNO2. The smallest absolute Gasteiger partial charge is 0.170 e. The number of benzene rings is 1. The minimum Gasteiger partial charge on any atom is -0.379 e. The van der Waals surface area contributed by atoms with Crippen molar-refractivity contribution >= 4 is 5.78 Å². The highest BCUT2D eigenvalue weighted by atomic mass is 19.1. The Labute approximate surface area is 106 Å². The Hall–Kier alpha value is -1.26. The monoisotopic (exact) mass is 251 g/mol. The number of rotatable bonds is 4. The largest absolute Gasteiger partial charge is 0.379 e.